The Morgan fingerprint density at radius 1 is 1.55 bits per heavy atom. The Morgan fingerprint density at radius 2 is 2.18 bits per heavy atom. The fraction of sp³-hybridized carbons (Fsp3) is 0.125. The Hall–Kier alpha value is -1.02. The van der Waals surface area contributed by atoms with Gasteiger partial charge in [-0.25, -0.2) is 0 Å². The fourth-order valence-corrected chi connectivity index (χ4v) is 1.19. The van der Waals surface area contributed by atoms with E-state index in [0.717, 1.165) is 0 Å². The molecule has 0 saturated heterocycles. The molecule has 0 unspecified atom stereocenters. The lowest BCUT2D eigenvalue weighted by molar-refractivity contribution is 0.112. The Labute approximate surface area is 69.4 Å². The molecule has 11 heavy (non-hydrogen) atoms. The van der Waals surface area contributed by atoms with Crippen molar-refractivity contribution in [2.75, 3.05) is 0 Å². The van der Waals surface area contributed by atoms with E-state index >= 15 is 0 Å². The van der Waals surface area contributed by atoms with E-state index in [-0.39, 0.29) is 10.8 Å². The number of aryl methyl sites for hydroxylation is 1. The van der Waals surface area contributed by atoms with Gasteiger partial charge in [0.2, 0.25) is 0 Å². The van der Waals surface area contributed by atoms with Gasteiger partial charge in [-0.1, -0.05) is 11.6 Å². The Morgan fingerprint density at radius 3 is 2.64 bits per heavy atom. The van der Waals surface area contributed by atoms with Gasteiger partial charge in [-0.05, 0) is 24.6 Å². The number of phenols is 1. The number of rotatable bonds is 1. The van der Waals surface area contributed by atoms with Crippen molar-refractivity contribution in [2.24, 2.45) is 0 Å². The summed E-state index contributed by atoms with van der Waals surface area (Å²) in [6.07, 6.45) is 0.678. The normalized spacial score (nSPS) is 9.64. The molecule has 1 N–H and O–H groups in total. The predicted molar refractivity (Wildman–Crippen MR) is 43.2 cm³/mol. The van der Waals surface area contributed by atoms with Crippen LogP contribution in [0.4, 0.5) is 0 Å². The minimum Gasteiger partial charge on any atom is -0.508 e. The topological polar surface area (TPSA) is 37.3 Å². The molecule has 0 amide bonds. The summed E-state index contributed by atoms with van der Waals surface area (Å²) >= 11 is 5.64. The van der Waals surface area contributed by atoms with E-state index in [2.05, 4.69) is 0 Å². The molecule has 1 aromatic carbocycles. The largest absolute Gasteiger partial charge is 0.508 e. The third-order valence-corrected chi connectivity index (χ3v) is 1.75. The van der Waals surface area contributed by atoms with E-state index in [1.54, 1.807) is 6.92 Å². The molecular weight excluding hydrogens is 164 g/mol. The van der Waals surface area contributed by atoms with Crippen molar-refractivity contribution in [3.8, 4) is 5.75 Å². The fourth-order valence-electron chi connectivity index (χ4n) is 0.886. The van der Waals surface area contributed by atoms with Crippen molar-refractivity contribution in [2.45, 2.75) is 6.92 Å². The first-order valence-electron chi connectivity index (χ1n) is 3.09. The molecule has 1 rings (SSSR count). The number of benzene rings is 1. The molecule has 0 radical (unpaired) electrons. The van der Waals surface area contributed by atoms with Gasteiger partial charge < -0.3 is 5.11 Å². The average Bonchev–Trinajstić information content (AvgIpc) is 1.85. The van der Waals surface area contributed by atoms with Gasteiger partial charge in [0.05, 0.1) is 5.02 Å². The van der Waals surface area contributed by atoms with Crippen molar-refractivity contribution < 1.29 is 9.90 Å². The van der Waals surface area contributed by atoms with Crippen LogP contribution in [0.5, 0.6) is 5.75 Å². The highest BCUT2D eigenvalue weighted by Gasteiger charge is 2.03. The highest BCUT2D eigenvalue weighted by Crippen LogP contribution is 2.23. The molecule has 0 bridgehead atoms. The van der Waals surface area contributed by atoms with Crippen LogP contribution in [0.1, 0.15) is 15.9 Å². The maximum atomic E-state index is 10.4. The number of hydrogen-bond donors (Lipinski definition) is 1. The molecular formula is C8H7ClO2. The monoisotopic (exact) mass is 170 g/mol. The lowest BCUT2D eigenvalue weighted by atomic mass is 10.1. The second kappa shape index (κ2) is 2.93. The van der Waals surface area contributed by atoms with Crippen LogP contribution in [-0.4, -0.2) is 11.4 Å². The van der Waals surface area contributed by atoms with Crippen molar-refractivity contribution >= 4 is 17.9 Å². The summed E-state index contributed by atoms with van der Waals surface area (Å²) in [7, 11) is 0. The van der Waals surface area contributed by atoms with Crippen LogP contribution in [-0.2, 0) is 0 Å². The first kappa shape index (κ1) is 8.08. The van der Waals surface area contributed by atoms with Crippen LogP contribution in [0, 0.1) is 6.92 Å². The Kier molecular flexibility index (Phi) is 2.15. The number of halogens is 1. The van der Waals surface area contributed by atoms with Crippen LogP contribution in [0.3, 0.4) is 0 Å². The van der Waals surface area contributed by atoms with Gasteiger partial charge >= 0.3 is 0 Å². The maximum absolute atomic E-state index is 10.4. The molecule has 0 aliphatic heterocycles. The molecule has 0 atom stereocenters. The number of phenolic OH excluding ortho intramolecular Hbond substituents is 1. The molecule has 58 valence electrons. The second-order valence-electron chi connectivity index (χ2n) is 2.28. The quantitative estimate of drug-likeness (QED) is 0.656. The summed E-state index contributed by atoms with van der Waals surface area (Å²) < 4.78 is 0. The lowest BCUT2D eigenvalue weighted by Crippen LogP contribution is -1.86. The van der Waals surface area contributed by atoms with E-state index in [4.69, 9.17) is 16.7 Å². The second-order valence-corrected chi connectivity index (χ2v) is 2.68. The SMILES string of the molecule is Cc1cc(O)cc(Cl)c1C=O. The zero-order valence-corrected chi connectivity index (χ0v) is 6.72. The summed E-state index contributed by atoms with van der Waals surface area (Å²) in [6, 6.07) is 2.84. The van der Waals surface area contributed by atoms with Gasteiger partial charge in [-0.15, -0.1) is 0 Å². The third-order valence-electron chi connectivity index (χ3n) is 1.44. The smallest absolute Gasteiger partial charge is 0.151 e. The minimum absolute atomic E-state index is 0.0816. The van der Waals surface area contributed by atoms with Crippen molar-refractivity contribution in [3.63, 3.8) is 0 Å². The van der Waals surface area contributed by atoms with Crippen LogP contribution in [0.2, 0.25) is 5.02 Å². The summed E-state index contributed by atoms with van der Waals surface area (Å²) in [5, 5.41) is 9.30. The number of hydrogen-bond acceptors (Lipinski definition) is 2. The zero-order chi connectivity index (χ0) is 8.43. The van der Waals surface area contributed by atoms with Crippen LogP contribution in [0.25, 0.3) is 0 Å². The average molecular weight is 171 g/mol. The van der Waals surface area contributed by atoms with Crippen molar-refractivity contribution in [1.29, 1.82) is 0 Å². The molecule has 0 heterocycles. The zero-order valence-electron chi connectivity index (χ0n) is 5.97. The minimum atomic E-state index is 0.0816. The molecule has 2 nitrogen and oxygen atoms in total. The molecule has 0 spiro atoms. The van der Waals surface area contributed by atoms with E-state index in [1.165, 1.54) is 12.1 Å². The van der Waals surface area contributed by atoms with E-state index < -0.39 is 0 Å². The highest BCUT2D eigenvalue weighted by molar-refractivity contribution is 6.33. The van der Waals surface area contributed by atoms with Crippen molar-refractivity contribution in [3.05, 3.63) is 28.3 Å². The summed E-state index contributed by atoms with van der Waals surface area (Å²) in [5.74, 6) is 0.0816. The van der Waals surface area contributed by atoms with E-state index in [0.29, 0.717) is 17.4 Å². The number of aromatic hydroxyl groups is 1. The van der Waals surface area contributed by atoms with E-state index in [9.17, 15) is 4.79 Å². The third kappa shape index (κ3) is 1.52. The maximum Gasteiger partial charge on any atom is 0.151 e. The molecule has 0 aliphatic carbocycles. The summed E-state index contributed by atoms with van der Waals surface area (Å²) in [5.41, 5.74) is 1.12. The van der Waals surface area contributed by atoms with Crippen LogP contribution in [0.15, 0.2) is 12.1 Å². The van der Waals surface area contributed by atoms with Gasteiger partial charge in [0, 0.05) is 5.56 Å². The molecule has 0 fully saturated rings. The Bertz CT molecular complexity index is 271. The highest BCUT2D eigenvalue weighted by atomic mass is 35.5. The van der Waals surface area contributed by atoms with E-state index in [1.807, 2.05) is 0 Å². The van der Waals surface area contributed by atoms with Gasteiger partial charge in [0.25, 0.3) is 0 Å². The number of carbonyl (C=O) groups is 1. The molecule has 0 aliphatic rings. The molecule has 3 heteroatoms. The van der Waals surface area contributed by atoms with Gasteiger partial charge in [-0.3, -0.25) is 4.79 Å². The molecule has 1 aromatic rings. The van der Waals surface area contributed by atoms with Crippen LogP contribution < -0.4 is 0 Å². The molecule has 0 saturated carbocycles. The number of aldehydes is 1. The molecule has 0 aromatic heterocycles. The number of carbonyl (C=O) groups excluding carboxylic acids is 1. The first-order chi connectivity index (χ1) is 5.15. The first-order valence-corrected chi connectivity index (χ1v) is 3.47. The lowest BCUT2D eigenvalue weighted by Gasteiger charge is -2.01. The standard InChI is InChI=1S/C8H7ClO2/c1-5-2-6(11)3-8(9)7(5)4-10/h2-4,11H,1H3. The Balaban J connectivity index is 3.36. The predicted octanol–water partition coefficient (Wildman–Crippen LogP) is 2.17. The van der Waals surface area contributed by atoms with Gasteiger partial charge in [0.15, 0.2) is 6.29 Å². The van der Waals surface area contributed by atoms with Crippen LogP contribution >= 0.6 is 11.6 Å². The summed E-state index contributed by atoms with van der Waals surface area (Å²) in [4.78, 5) is 10.4. The van der Waals surface area contributed by atoms with Crippen molar-refractivity contribution in [1.82, 2.24) is 0 Å². The van der Waals surface area contributed by atoms with Gasteiger partial charge in [0.1, 0.15) is 5.75 Å². The summed E-state index contributed by atoms with van der Waals surface area (Å²) in [6.45, 7) is 1.72. The van der Waals surface area contributed by atoms with Gasteiger partial charge in [-0.2, -0.15) is 0 Å².